The molecule has 0 spiro atoms. The van der Waals surface area contributed by atoms with Gasteiger partial charge in [-0.1, -0.05) is 44.2 Å². The molecule has 0 aliphatic heterocycles. The van der Waals surface area contributed by atoms with E-state index < -0.39 is 0 Å². The Kier molecular flexibility index (Phi) is 13.0. The second-order valence-electron chi connectivity index (χ2n) is 6.43. The molecular formula is C19H34IN3O. The minimum Gasteiger partial charge on any atom is -0.385 e. The van der Waals surface area contributed by atoms with Gasteiger partial charge in [0.15, 0.2) is 5.96 Å². The van der Waals surface area contributed by atoms with Gasteiger partial charge in [0.1, 0.15) is 0 Å². The predicted molar refractivity (Wildman–Crippen MR) is 115 cm³/mol. The Morgan fingerprint density at radius 1 is 1.08 bits per heavy atom. The zero-order valence-corrected chi connectivity index (χ0v) is 17.9. The second kappa shape index (κ2) is 13.5. The Bertz CT molecular complexity index is 449. The molecule has 1 aromatic carbocycles. The molecule has 1 aromatic rings. The van der Waals surface area contributed by atoms with Crippen molar-refractivity contribution in [3.8, 4) is 0 Å². The predicted octanol–water partition coefficient (Wildman–Crippen LogP) is 3.95. The molecule has 24 heavy (non-hydrogen) atoms. The molecule has 0 atom stereocenters. The van der Waals surface area contributed by atoms with E-state index in [1.165, 1.54) is 12.0 Å². The molecule has 0 fully saturated rings. The molecule has 0 radical (unpaired) electrons. The topological polar surface area (TPSA) is 45.7 Å². The Hall–Kier alpha value is -0.820. The maximum atomic E-state index is 5.07. The second-order valence-corrected chi connectivity index (χ2v) is 6.43. The SMILES string of the molecule is CCNC(=NCC(C)(C)c1ccccc1)NCCCCCOC.I. The molecule has 0 amide bonds. The van der Waals surface area contributed by atoms with Crippen LogP contribution in [0.15, 0.2) is 35.3 Å². The van der Waals surface area contributed by atoms with Crippen LogP contribution in [-0.4, -0.2) is 39.3 Å². The lowest BCUT2D eigenvalue weighted by molar-refractivity contribution is 0.192. The normalized spacial score (nSPS) is 11.8. The molecule has 0 saturated carbocycles. The van der Waals surface area contributed by atoms with Gasteiger partial charge in [-0.2, -0.15) is 0 Å². The quantitative estimate of drug-likeness (QED) is 0.247. The van der Waals surface area contributed by atoms with E-state index in [1.54, 1.807) is 7.11 Å². The van der Waals surface area contributed by atoms with Gasteiger partial charge in [0.2, 0.25) is 0 Å². The molecule has 0 heterocycles. The van der Waals surface area contributed by atoms with Gasteiger partial charge in [0.05, 0.1) is 6.54 Å². The molecule has 0 bridgehead atoms. The number of hydrogen-bond acceptors (Lipinski definition) is 2. The van der Waals surface area contributed by atoms with Gasteiger partial charge in [-0.05, 0) is 31.7 Å². The Balaban J connectivity index is 0.00000529. The lowest BCUT2D eigenvalue weighted by Gasteiger charge is -2.24. The maximum absolute atomic E-state index is 5.07. The summed E-state index contributed by atoms with van der Waals surface area (Å²) in [6.45, 7) is 10.00. The first kappa shape index (κ1) is 23.2. The lowest BCUT2D eigenvalue weighted by Crippen LogP contribution is -2.39. The van der Waals surface area contributed by atoms with Crippen molar-refractivity contribution in [1.82, 2.24) is 10.6 Å². The molecule has 2 N–H and O–H groups in total. The van der Waals surface area contributed by atoms with Crippen LogP contribution in [0.1, 0.15) is 45.6 Å². The number of aliphatic imine (C=N–C) groups is 1. The van der Waals surface area contributed by atoms with E-state index in [1.807, 2.05) is 0 Å². The molecule has 0 aromatic heterocycles. The highest BCUT2D eigenvalue weighted by molar-refractivity contribution is 14.0. The first-order chi connectivity index (χ1) is 11.1. The Labute approximate surface area is 164 Å². The monoisotopic (exact) mass is 447 g/mol. The fraction of sp³-hybridized carbons (Fsp3) is 0.632. The van der Waals surface area contributed by atoms with Crippen molar-refractivity contribution in [3.05, 3.63) is 35.9 Å². The number of benzene rings is 1. The molecule has 5 heteroatoms. The molecular weight excluding hydrogens is 413 g/mol. The molecule has 0 saturated heterocycles. The van der Waals surface area contributed by atoms with Crippen LogP contribution in [0, 0.1) is 0 Å². The van der Waals surface area contributed by atoms with Crippen molar-refractivity contribution >= 4 is 29.9 Å². The van der Waals surface area contributed by atoms with Crippen molar-refractivity contribution in [3.63, 3.8) is 0 Å². The van der Waals surface area contributed by atoms with Gasteiger partial charge in [0.25, 0.3) is 0 Å². The first-order valence-electron chi connectivity index (χ1n) is 8.67. The van der Waals surface area contributed by atoms with Gasteiger partial charge >= 0.3 is 0 Å². The number of unbranched alkanes of at least 4 members (excludes halogenated alkanes) is 2. The number of ether oxygens (including phenoxy) is 1. The Morgan fingerprint density at radius 3 is 2.42 bits per heavy atom. The van der Waals surface area contributed by atoms with Gasteiger partial charge in [-0.15, -0.1) is 24.0 Å². The van der Waals surface area contributed by atoms with Crippen molar-refractivity contribution in [1.29, 1.82) is 0 Å². The lowest BCUT2D eigenvalue weighted by atomic mass is 9.85. The summed E-state index contributed by atoms with van der Waals surface area (Å²) in [4.78, 5) is 4.77. The summed E-state index contributed by atoms with van der Waals surface area (Å²) in [7, 11) is 1.75. The standard InChI is InChI=1S/C19H33N3O.HI/c1-5-20-18(21-14-10-7-11-15-23-4)22-16-19(2,3)17-12-8-6-9-13-17;/h6,8-9,12-13H,5,7,10-11,14-16H2,1-4H3,(H2,20,21,22);1H. The van der Waals surface area contributed by atoms with Crippen LogP contribution in [0.4, 0.5) is 0 Å². The van der Waals surface area contributed by atoms with Gasteiger partial charge in [-0.3, -0.25) is 4.99 Å². The van der Waals surface area contributed by atoms with E-state index in [0.29, 0.717) is 0 Å². The fourth-order valence-corrected chi connectivity index (χ4v) is 2.35. The molecule has 0 unspecified atom stereocenters. The molecule has 138 valence electrons. The molecule has 4 nitrogen and oxygen atoms in total. The Morgan fingerprint density at radius 2 is 1.79 bits per heavy atom. The third-order valence-corrected chi connectivity index (χ3v) is 3.85. The summed E-state index contributed by atoms with van der Waals surface area (Å²) in [5, 5.41) is 6.74. The number of halogens is 1. The van der Waals surface area contributed by atoms with Gasteiger partial charge < -0.3 is 15.4 Å². The summed E-state index contributed by atoms with van der Waals surface area (Å²) < 4.78 is 5.07. The maximum Gasteiger partial charge on any atom is 0.191 e. The average Bonchev–Trinajstić information content (AvgIpc) is 2.56. The zero-order chi connectivity index (χ0) is 17.0. The highest BCUT2D eigenvalue weighted by Crippen LogP contribution is 2.22. The van der Waals surface area contributed by atoms with Gasteiger partial charge in [0, 0.05) is 32.2 Å². The van der Waals surface area contributed by atoms with Crippen molar-refractivity contribution < 1.29 is 4.74 Å². The zero-order valence-electron chi connectivity index (χ0n) is 15.6. The number of guanidine groups is 1. The largest absolute Gasteiger partial charge is 0.385 e. The van der Waals surface area contributed by atoms with Crippen molar-refractivity contribution in [2.45, 2.75) is 45.4 Å². The number of methoxy groups -OCH3 is 1. The number of hydrogen-bond donors (Lipinski definition) is 2. The summed E-state index contributed by atoms with van der Waals surface area (Å²) >= 11 is 0. The highest BCUT2D eigenvalue weighted by atomic mass is 127. The van der Waals surface area contributed by atoms with Crippen LogP contribution in [0.3, 0.4) is 0 Å². The van der Waals surface area contributed by atoms with Crippen LogP contribution in [-0.2, 0) is 10.2 Å². The van der Waals surface area contributed by atoms with E-state index >= 15 is 0 Å². The van der Waals surface area contributed by atoms with Crippen LogP contribution in [0.2, 0.25) is 0 Å². The third kappa shape index (κ3) is 9.47. The van der Waals surface area contributed by atoms with E-state index in [2.05, 4.69) is 61.7 Å². The molecule has 0 aliphatic carbocycles. The minimum atomic E-state index is 0. The number of nitrogens with zero attached hydrogens (tertiary/aromatic N) is 1. The smallest absolute Gasteiger partial charge is 0.191 e. The van der Waals surface area contributed by atoms with E-state index in [-0.39, 0.29) is 29.4 Å². The number of nitrogens with one attached hydrogen (secondary N) is 2. The number of rotatable bonds is 10. The fourth-order valence-electron chi connectivity index (χ4n) is 2.35. The van der Waals surface area contributed by atoms with E-state index in [4.69, 9.17) is 9.73 Å². The summed E-state index contributed by atoms with van der Waals surface area (Å²) in [6.07, 6.45) is 3.43. The van der Waals surface area contributed by atoms with Crippen molar-refractivity contribution in [2.75, 3.05) is 33.4 Å². The average molecular weight is 447 g/mol. The first-order valence-corrected chi connectivity index (χ1v) is 8.67. The van der Waals surface area contributed by atoms with Crippen LogP contribution >= 0.6 is 24.0 Å². The van der Waals surface area contributed by atoms with E-state index in [9.17, 15) is 0 Å². The minimum absolute atomic E-state index is 0. The summed E-state index contributed by atoms with van der Waals surface area (Å²) in [5.41, 5.74) is 1.35. The summed E-state index contributed by atoms with van der Waals surface area (Å²) in [5.74, 6) is 0.906. The van der Waals surface area contributed by atoms with Crippen LogP contribution < -0.4 is 10.6 Å². The van der Waals surface area contributed by atoms with Crippen molar-refractivity contribution in [2.24, 2.45) is 4.99 Å². The van der Waals surface area contributed by atoms with Crippen LogP contribution in [0.25, 0.3) is 0 Å². The summed E-state index contributed by atoms with van der Waals surface area (Å²) in [6, 6.07) is 10.6. The molecule has 1 rings (SSSR count). The van der Waals surface area contributed by atoms with E-state index in [0.717, 1.165) is 45.0 Å². The van der Waals surface area contributed by atoms with Gasteiger partial charge in [-0.25, -0.2) is 0 Å². The van der Waals surface area contributed by atoms with Crippen LogP contribution in [0.5, 0.6) is 0 Å². The molecule has 0 aliphatic rings. The highest BCUT2D eigenvalue weighted by Gasteiger charge is 2.19. The third-order valence-electron chi connectivity index (χ3n) is 3.85.